The number of benzene rings is 5. The van der Waals surface area contributed by atoms with Gasteiger partial charge in [-0.1, -0.05) is 97.1 Å². The molecule has 6 rings (SSSR count). The molecule has 0 spiro atoms. The Kier molecular flexibility index (Phi) is 4.70. The summed E-state index contributed by atoms with van der Waals surface area (Å²) in [4.78, 5) is 8.83. The fourth-order valence-electron chi connectivity index (χ4n) is 4.78. The van der Waals surface area contributed by atoms with Crippen molar-refractivity contribution in [3.05, 3.63) is 121 Å². The van der Waals surface area contributed by atoms with Gasteiger partial charge in [0.15, 0.2) is 0 Å². The summed E-state index contributed by atoms with van der Waals surface area (Å²) in [7, 11) is 0. The lowest BCUT2D eigenvalue weighted by atomic mass is 9.85. The van der Waals surface area contributed by atoms with E-state index in [1.165, 1.54) is 43.8 Å². The van der Waals surface area contributed by atoms with E-state index in [1.807, 2.05) is 13.0 Å². The summed E-state index contributed by atoms with van der Waals surface area (Å²) in [6, 6.07) is 38.9. The van der Waals surface area contributed by atoms with Gasteiger partial charge in [-0.15, -0.1) is 0 Å². The second-order valence-corrected chi connectivity index (χ2v) is 8.33. The van der Waals surface area contributed by atoms with Gasteiger partial charge in [0.25, 0.3) is 0 Å². The molecule has 0 saturated heterocycles. The minimum absolute atomic E-state index is 0.942. The lowest BCUT2D eigenvalue weighted by Crippen LogP contribution is -1.92. The normalized spacial score (nSPS) is 11.2. The third-order valence-corrected chi connectivity index (χ3v) is 6.25. The monoisotopic (exact) mass is 422 g/mol. The van der Waals surface area contributed by atoms with Crippen LogP contribution in [0.1, 0.15) is 5.69 Å². The molecule has 0 bridgehead atoms. The summed E-state index contributed by atoms with van der Waals surface area (Å²) in [5, 5.41) is 4.99. The molecule has 0 N–H and O–H groups in total. The van der Waals surface area contributed by atoms with E-state index < -0.39 is 0 Å². The first kappa shape index (κ1) is 19.4. The maximum atomic E-state index is 4.55. The van der Waals surface area contributed by atoms with Gasteiger partial charge in [0.2, 0.25) is 0 Å². The maximum absolute atomic E-state index is 4.55. The van der Waals surface area contributed by atoms with Gasteiger partial charge in [0.1, 0.15) is 6.33 Å². The highest BCUT2D eigenvalue weighted by molar-refractivity contribution is 6.21. The van der Waals surface area contributed by atoms with Crippen LogP contribution in [0.4, 0.5) is 0 Å². The standard InChI is InChI=1S/C31H22N2/c1-21-18-29(33-20-32-21)24-16-17-27-28(19-24)31(23-12-6-3-7-13-23)26-15-9-8-14-25(26)30(27)22-10-4-2-5-11-22/h2-20H,1H3. The van der Waals surface area contributed by atoms with Crippen LogP contribution in [-0.2, 0) is 0 Å². The van der Waals surface area contributed by atoms with Crippen LogP contribution in [0.5, 0.6) is 0 Å². The van der Waals surface area contributed by atoms with Crippen LogP contribution in [0, 0.1) is 6.92 Å². The second kappa shape index (κ2) is 7.99. The topological polar surface area (TPSA) is 25.8 Å². The molecule has 0 fully saturated rings. The van der Waals surface area contributed by atoms with Crippen molar-refractivity contribution >= 4 is 21.5 Å². The molecule has 0 saturated carbocycles. The molecule has 1 aromatic heterocycles. The molecular formula is C31H22N2. The van der Waals surface area contributed by atoms with Crippen LogP contribution in [0.15, 0.2) is 116 Å². The van der Waals surface area contributed by atoms with Crippen LogP contribution in [0.2, 0.25) is 0 Å². The zero-order valence-corrected chi connectivity index (χ0v) is 18.4. The molecule has 5 aromatic carbocycles. The molecule has 0 aliphatic rings. The molecular weight excluding hydrogens is 400 g/mol. The second-order valence-electron chi connectivity index (χ2n) is 8.33. The van der Waals surface area contributed by atoms with E-state index in [0.717, 1.165) is 17.0 Å². The molecule has 2 heteroatoms. The van der Waals surface area contributed by atoms with Crippen molar-refractivity contribution in [1.82, 2.24) is 9.97 Å². The first-order valence-corrected chi connectivity index (χ1v) is 11.2. The summed E-state index contributed by atoms with van der Waals surface area (Å²) < 4.78 is 0. The molecule has 6 aromatic rings. The maximum Gasteiger partial charge on any atom is 0.116 e. The predicted molar refractivity (Wildman–Crippen MR) is 138 cm³/mol. The highest BCUT2D eigenvalue weighted by Gasteiger charge is 2.17. The van der Waals surface area contributed by atoms with Crippen molar-refractivity contribution in [3.8, 4) is 33.5 Å². The molecule has 0 aliphatic carbocycles. The molecule has 0 radical (unpaired) electrons. The molecule has 0 aliphatic heterocycles. The van der Waals surface area contributed by atoms with Gasteiger partial charge in [-0.05, 0) is 62.9 Å². The number of rotatable bonds is 3. The number of hydrogen-bond acceptors (Lipinski definition) is 2. The Labute approximate surface area is 193 Å². The summed E-state index contributed by atoms with van der Waals surface area (Å²) >= 11 is 0. The molecule has 2 nitrogen and oxygen atoms in total. The minimum Gasteiger partial charge on any atom is -0.242 e. The van der Waals surface area contributed by atoms with Crippen molar-refractivity contribution in [2.24, 2.45) is 0 Å². The third kappa shape index (κ3) is 3.37. The molecule has 1 heterocycles. The van der Waals surface area contributed by atoms with E-state index in [4.69, 9.17) is 0 Å². The number of aromatic nitrogens is 2. The number of aryl methyl sites for hydroxylation is 1. The Hall–Kier alpha value is -4.30. The van der Waals surface area contributed by atoms with Crippen LogP contribution in [0.25, 0.3) is 55.1 Å². The van der Waals surface area contributed by atoms with E-state index in [9.17, 15) is 0 Å². The molecule has 0 amide bonds. The minimum atomic E-state index is 0.942. The molecule has 0 unspecified atom stereocenters. The van der Waals surface area contributed by atoms with Crippen LogP contribution in [-0.4, -0.2) is 9.97 Å². The first-order valence-electron chi connectivity index (χ1n) is 11.2. The van der Waals surface area contributed by atoms with E-state index in [-0.39, 0.29) is 0 Å². The van der Waals surface area contributed by atoms with Crippen LogP contribution < -0.4 is 0 Å². The highest BCUT2D eigenvalue weighted by Crippen LogP contribution is 2.44. The smallest absolute Gasteiger partial charge is 0.116 e. The Morgan fingerprint density at radius 1 is 0.455 bits per heavy atom. The van der Waals surface area contributed by atoms with Gasteiger partial charge in [-0.2, -0.15) is 0 Å². The fraction of sp³-hybridized carbons (Fsp3) is 0.0323. The van der Waals surface area contributed by atoms with Crippen molar-refractivity contribution < 1.29 is 0 Å². The highest BCUT2D eigenvalue weighted by atomic mass is 14.8. The van der Waals surface area contributed by atoms with Crippen molar-refractivity contribution in [3.63, 3.8) is 0 Å². The lowest BCUT2D eigenvalue weighted by Gasteiger charge is -2.18. The van der Waals surface area contributed by atoms with Crippen molar-refractivity contribution in [1.29, 1.82) is 0 Å². The van der Waals surface area contributed by atoms with Crippen LogP contribution in [0.3, 0.4) is 0 Å². The quantitative estimate of drug-likeness (QED) is 0.269. The van der Waals surface area contributed by atoms with E-state index >= 15 is 0 Å². The Bertz CT molecular complexity index is 1600. The molecule has 156 valence electrons. The van der Waals surface area contributed by atoms with E-state index in [1.54, 1.807) is 6.33 Å². The Balaban J connectivity index is 1.79. The number of hydrogen-bond donors (Lipinski definition) is 0. The average molecular weight is 423 g/mol. The summed E-state index contributed by atoms with van der Waals surface area (Å²) in [5.74, 6) is 0. The average Bonchev–Trinajstić information content (AvgIpc) is 2.88. The van der Waals surface area contributed by atoms with Gasteiger partial charge in [-0.3, -0.25) is 0 Å². The van der Waals surface area contributed by atoms with Gasteiger partial charge < -0.3 is 0 Å². The van der Waals surface area contributed by atoms with Crippen molar-refractivity contribution in [2.45, 2.75) is 6.92 Å². The molecule has 0 atom stereocenters. The zero-order valence-electron chi connectivity index (χ0n) is 18.4. The number of nitrogens with zero attached hydrogens (tertiary/aromatic N) is 2. The SMILES string of the molecule is Cc1cc(-c2ccc3c(-c4ccccc4)c4ccccc4c(-c4ccccc4)c3c2)ncn1. The van der Waals surface area contributed by atoms with E-state index in [0.29, 0.717) is 0 Å². The van der Waals surface area contributed by atoms with Crippen molar-refractivity contribution in [2.75, 3.05) is 0 Å². The Morgan fingerprint density at radius 2 is 1.00 bits per heavy atom. The number of fused-ring (bicyclic) bond motifs is 2. The first-order chi connectivity index (χ1) is 16.3. The summed E-state index contributed by atoms with van der Waals surface area (Å²) in [5.41, 5.74) is 7.97. The third-order valence-electron chi connectivity index (χ3n) is 6.25. The van der Waals surface area contributed by atoms with Gasteiger partial charge >= 0.3 is 0 Å². The Morgan fingerprint density at radius 3 is 1.61 bits per heavy atom. The van der Waals surface area contributed by atoms with Gasteiger partial charge in [0.05, 0.1) is 5.69 Å². The summed E-state index contributed by atoms with van der Waals surface area (Å²) in [6.07, 6.45) is 1.64. The lowest BCUT2D eigenvalue weighted by molar-refractivity contribution is 1.11. The zero-order chi connectivity index (χ0) is 22.2. The molecule has 33 heavy (non-hydrogen) atoms. The van der Waals surface area contributed by atoms with E-state index in [2.05, 4.69) is 113 Å². The largest absolute Gasteiger partial charge is 0.242 e. The van der Waals surface area contributed by atoms with Gasteiger partial charge in [-0.25, -0.2) is 9.97 Å². The van der Waals surface area contributed by atoms with Crippen LogP contribution >= 0.6 is 0 Å². The predicted octanol–water partition coefficient (Wildman–Crippen LogP) is 8.09. The summed E-state index contributed by atoms with van der Waals surface area (Å²) in [6.45, 7) is 2.00. The fourth-order valence-corrected chi connectivity index (χ4v) is 4.78. The van der Waals surface area contributed by atoms with Gasteiger partial charge in [0, 0.05) is 11.3 Å².